The number of aryl methyl sites for hydroxylation is 1. The number of amides is 1. The van der Waals surface area contributed by atoms with Crippen LogP contribution in [0.25, 0.3) is 0 Å². The van der Waals surface area contributed by atoms with Crippen LogP contribution in [0.3, 0.4) is 0 Å². The van der Waals surface area contributed by atoms with Crippen LogP contribution in [0.5, 0.6) is 0 Å². The smallest absolute Gasteiger partial charge is 0.350 e. The van der Waals surface area contributed by atoms with Crippen molar-refractivity contribution in [2.24, 2.45) is 5.92 Å². The molecular formula is C26H31F3N6O3S. The lowest BCUT2D eigenvalue weighted by Gasteiger charge is -2.31. The van der Waals surface area contributed by atoms with Gasteiger partial charge in [-0.1, -0.05) is 25.6 Å². The molecule has 1 saturated heterocycles. The van der Waals surface area contributed by atoms with Gasteiger partial charge in [-0.15, -0.1) is 0 Å². The summed E-state index contributed by atoms with van der Waals surface area (Å²) in [7, 11) is -3.63. The molecule has 4 rings (SSSR count). The summed E-state index contributed by atoms with van der Waals surface area (Å²) < 4.78 is 67.2. The number of aromatic nitrogens is 2. The first-order chi connectivity index (χ1) is 18.4. The van der Waals surface area contributed by atoms with Crippen LogP contribution in [0.15, 0.2) is 48.5 Å². The van der Waals surface area contributed by atoms with E-state index in [1.54, 1.807) is 25.1 Å². The SMILES string of the molecule is C=CS(=O)(=O)N1CCC[C@H](Nc2ncc(C(F)(F)F)c(Nc3ccc(C)cc3NC(=O)C(=C)C3CCC3)n2)C1. The second kappa shape index (κ2) is 11.3. The normalized spacial score (nSPS) is 18.6. The minimum atomic E-state index is -4.76. The lowest BCUT2D eigenvalue weighted by molar-refractivity contribution is -0.137. The predicted molar refractivity (Wildman–Crippen MR) is 144 cm³/mol. The Bertz CT molecular complexity index is 1380. The van der Waals surface area contributed by atoms with E-state index in [1.165, 1.54) is 4.31 Å². The van der Waals surface area contributed by atoms with E-state index in [-0.39, 0.29) is 30.0 Å². The zero-order valence-electron chi connectivity index (χ0n) is 21.5. The van der Waals surface area contributed by atoms with E-state index in [0.717, 1.165) is 30.2 Å². The molecule has 1 atom stereocenters. The second-order valence-corrected chi connectivity index (χ2v) is 11.7. The van der Waals surface area contributed by atoms with Crippen LogP contribution in [0.1, 0.15) is 43.2 Å². The average molecular weight is 565 g/mol. The van der Waals surface area contributed by atoms with Gasteiger partial charge in [0.2, 0.25) is 16.0 Å². The molecule has 1 saturated carbocycles. The van der Waals surface area contributed by atoms with Crippen LogP contribution in [0.4, 0.5) is 36.3 Å². The zero-order chi connectivity index (χ0) is 28.4. The fourth-order valence-electron chi connectivity index (χ4n) is 4.48. The number of carbonyl (C=O) groups excluding carboxylic acids is 1. The lowest BCUT2D eigenvalue weighted by Crippen LogP contribution is -2.44. The predicted octanol–water partition coefficient (Wildman–Crippen LogP) is 5.19. The summed E-state index contributed by atoms with van der Waals surface area (Å²) in [6.45, 7) is 9.45. The molecule has 2 fully saturated rings. The number of hydrogen-bond donors (Lipinski definition) is 3. The summed E-state index contributed by atoms with van der Waals surface area (Å²) in [5.41, 5.74) is 0.649. The molecule has 1 aliphatic carbocycles. The number of rotatable bonds is 9. The molecule has 3 N–H and O–H groups in total. The molecule has 210 valence electrons. The molecule has 39 heavy (non-hydrogen) atoms. The fraction of sp³-hybridized carbons (Fsp3) is 0.423. The van der Waals surface area contributed by atoms with Crippen molar-refractivity contribution >= 4 is 39.1 Å². The van der Waals surface area contributed by atoms with Crippen molar-refractivity contribution in [3.05, 3.63) is 59.7 Å². The van der Waals surface area contributed by atoms with E-state index in [2.05, 4.69) is 39.1 Å². The topological polar surface area (TPSA) is 116 Å². The van der Waals surface area contributed by atoms with Crippen molar-refractivity contribution in [3.63, 3.8) is 0 Å². The van der Waals surface area contributed by atoms with E-state index in [0.29, 0.717) is 36.8 Å². The Balaban J connectivity index is 1.59. The van der Waals surface area contributed by atoms with Gasteiger partial charge in [-0.05, 0) is 56.2 Å². The molecule has 9 nitrogen and oxygen atoms in total. The average Bonchev–Trinajstić information content (AvgIpc) is 2.84. The third-order valence-electron chi connectivity index (χ3n) is 6.95. The first-order valence-electron chi connectivity index (χ1n) is 12.6. The minimum absolute atomic E-state index is 0.0931. The molecule has 0 radical (unpaired) electrons. The molecule has 1 aliphatic heterocycles. The summed E-state index contributed by atoms with van der Waals surface area (Å²) >= 11 is 0. The highest BCUT2D eigenvalue weighted by Gasteiger charge is 2.36. The number of carbonyl (C=O) groups is 1. The van der Waals surface area contributed by atoms with Gasteiger partial charge in [-0.25, -0.2) is 13.4 Å². The van der Waals surface area contributed by atoms with E-state index < -0.39 is 33.6 Å². The van der Waals surface area contributed by atoms with Gasteiger partial charge in [0.05, 0.1) is 11.4 Å². The van der Waals surface area contributed by atoms with Crippen LogP contribution in [-0.4, -0.2) is 47.7 Å². The third-order valence-corrected chi connectivity index (χ3v) is 8.42. The number of hydrogen-bond acceptors (Lipinski definition) is 7. The minimum Gasteiger partial charge on any atom is -0.350 e. The van der Waals surface area contributed by atoms with Crippen LogP contribution in [-0.2, 0) is 21.0 Å². The van der Waals surface area contributed by atoms with Crippen molar-refractivity contribution in [1.82, 2.24) is 14.3 Å². The summed E-state index contributed by atoms with van der Waals surface area (Å²) in [6, 6.07) is 4.50. The van der Waals surface area contributed by atoms with Gasteiger partial charge in [0, 0.05) is 36.3 Å². The molecule has 2 heterocycles. The second-order valence-electron chi connectivity index (χ2n) is 9.79. The Morgan fingerprint density at radius 2 is 1.92 bits per heavy atom. The largest absolute Gasteiger partial charge is 0.421 e. The van der Waals surface area contributed by atoms with Crippen molar-refractivity contribution in [2.75, 3.05) is 29.0 Å². The number of nitrogens with one attached hydrogen (secondary N) is 3. The van der Waals surface area contributed by atoms with E-state index >= 15 is 0 Å². The van der Waals surface area contributed by atoms with Gasteiger partial charge in [0.15, 0.2) is 0 Å². The molecule has 1 aromatic carbocycles. The van der Waals surface area contributed by atoms with Crippen LogP contribution >= 0.6 is 0 Å². The molecule has 2 aromatic rings. The lowest BCUT2D eigenvalue weighted by atomic mass is 9.80. The number of sulfonamides is 1. The number of piperidine rings is 1. The van der Waals surface area contributed by atoms with Gasteiger partial charge < -0.3 is 16.0 Å². The summed E-state index contributed by atoms with van der Waals surface area (Å²) in [5, 5.41) is 9.32. The van der Waals surface area contributed by atoms with E-state index in [4.69, 9.17) is 0 Å². The Kier molecular flexibility index (Phi) is 8.31. The molecule has 13 heteroatoms. The summed E-state index contributed by atoms with van der Waals surface area (Å²) in [4.78, 5) is 20.7. The number of anilines is 4. The Labute approximate surface area is 225 Å². The molecule has 0 unspecified atom stereocenters. The Morgan fingerprint density at radius 1 is 1.18 bits per heavy atom. The highest BCUT2D eigenvalue weighted by atomic mass is 32.2. The Morgan fingerprint density at radius 3 is 2.56 bits per heavy atom. The van der Waals surface area contributed by atoms with Gasteiger partial charge in [-0.2, -0.15) is 22.5 Å². The maximum Gasteiger partial charge on any atom is 0.421 e. The van der Waals surface area contributed by atoms with Crippen molar-refractivity contribution < 1.29 is 26.4 Å². The van der Waals surface area contributed by atoms with Crippen LogP contribution < -0.4 is 16.0 Å². The summed E-state index contributed by atoms with van der Waals surface area (Å²) in [6.07, 6.45) is -0.160. The van der Waals surface area contributed by atoms with E-state index in [1.807, 2.05) is 0 Å². The quantitative estimate of drug-likeness (QED) is 0.359. The highest BCUT2D eigenvalue weighted by Crippen LogP contribution is 2.37. The van der Waals surface area contributed by atoms with Crippen molar-refractivity contribution in [3.8, 4) is 0 Å². The van der Waals surface area contributed by atoms with Gasteiger partial charge >= 0.3 is 6.18 Å². The highest BCUT2D eigenvalue weighted by molar-refractivity contribution is 7.92. The van der Waals surface area contributed by atoms with Crippen molar-refractivity contribution in [2.45, 2.75) is 51.2 Å². The fourth-order valence-corrected chi connectivity index (χ4v) is 5.46. The molecule has 0 bridgehead atoms. The molecule has 0 spiro atoms. The number of halogens is 3. The standard InChI is InChI=1S/C26H31F3N6O3S/c1-4-39(37,38)35-12-6-9-19(15-35)31-25-30-14-20(26(27,28)29)23(34-25)32-21-11-10-16(2)13-22(21)33-24(36)17(3)18-7-5-8-18/h4,10-11,13-14,18-19H,1,3,5-9,12,15H2,2H3,(H,33,36)(H2,30,31,32,34)/t19-/m0/s1. The van der Waals surface area contributed by atoms with Gasteiger partial charge in [0.25, 0.3) is 5.91 Å². The molecule has 2 aliphatic rings. The molecule has 1 amide bonds. The van der Waals surface area contributed by atoms with Crippen LogP contribution in [0.2, 0.25) is 0 Å². The van der Waals surface area contributed by atoms with Gasteiger partial charge in [-0.3, -0.25) is 4.79 Å². The number of nitrogens with zero attached hydrogens (tertiary/aromatic N) is 3. The Hall–Kier alpha value is -3.45. The zero-order valence-corrected chi connectivity index (χ0v) is 22.3. The summed E-state index contributed by atoms with van der Waals surface area (Å²) in [5.74, 6) is -0.880. The maximum absolute atomic E-state index is 13.9. The third kappa shape index (κ3) is 6.77. The van der Waals surface area contributed by atoms with Gasteiger partial charge in [0.1, 0.15) is 11.4 Å². The van der Waals surface area contributed by atoms with E-state index in [9.17, 15) is 26.4 Å². The van der Waals surface area contributed by atoms with Crippen molar-refractivity contribution in [1.29, 1.82) is 0 Å². The first-order valence-corrected chi connectivity index (χ1v) is 14.1. The first kappa shape index (κ1) is 28.6. The number of benzene rings is 1. The molecular weight excluding hydrogens is 533 g/mol. The monoisotopic (exact) mass is 564 g/mol. The molecule has 1 aromatic heterocycles. The van der Waals surface area contributed by atoms with Crippen LogP contribution in [0, 0.1) is 12.8 Å². The number of alkyl halides is 3. The maximum atomic E-state index is 13.9.